The van der Waals surface area contributed by atoms with Gasteiger partial charge in [-0.3, -0.25) is 4.90 Å². The number of benzene rings is 2. The molecule has 0 aliphatic heterocycles. The molecule has 0 heterocycles. The summed E-state index contributed by atoms with van der Waals surface area (Å²) in [5.41, 5.74) is 9.30. The van der Waals surface area contributed by atoms with Crippen molar-refractivity contribution in [3.8, 4) is 0 Å². The Morgan fingerprint density at radius 3 is 2.33 bits per heavy atom. The number of hydrogen-bond donors (Lipinski definition) is 2. The largest absolute Gasteiger partial charge is 0.478 e. The SMILES string of the molecule is CCN(Cc1ccc(C(=O)O)cc1)Cc1ccccc1N. The Bertz CT molecular complexity index is 608. The molecule has 0 aromatic heterocycles. The van der Waals surface area contributed by atoms with Crippen LogP contribution in [0.5, 0.6) is 0 Å². The van der Waals surface area contributed by atoms with Crippen LogP contribution >= 0.6 is 0 Å². The molecule has 0 spiro atoms. The Morgan fingerprint density at radius 2 is 1.76 bits per heavy atom. The smallest absolute Gasteiger partial charge is 0.335 e. The second-order valence-electron chi connectivity index (χ2n) is 5.00. The van der Waals surface area contributed by atoms with Crippen molar-refractivity contribution >= 4 is 11.7 Å². The number of carboxylic acids is 1. The van der Waals surface area contributed by atoms with Gasteiger partial charge in [0.25, 0.3) is 0 Å². The quantitative estimate of drug-likeness (QED) is 0.800. The van der Waals surface area contributed by atoms with Gasteiger partial charge in [0.05, 0.1) is 5.56 Å². The van der Waals surface area contributed by atoms with E-state index in [4.69, 9.17) is 10.8 Å². The molecular formula is C17H20N2O2. The fraction of sp³-hybridized carbons (Fsp3) is 0.235. The third-order valence-electron chi connectivity index (χ3n) is 3.50. The van der Waals surface area contributed by atoms with E-state index in [0.717, 1.165) is 36.4 Å². The molecule has 0 saturated carbocycles. The number of nitrogen functional groups attached to an aromatic ring is 1. The zero-order chi connectivity index (χ0) is 15.2. The average molecular weight is 284 g/mol. The molecule has 110 valence electrons. The van der Waals surface area contributed by atoms with E-state index < -0.39 is 5.97 Å². The highest BCUT2D eigenvalue weighted by Crippen LogP contribution is 2.15. The van der Waals surface area contributed by atoms with Crippen molar-refractivity contribution in [3.63, 3.8) is 0 Å². The molecule has 4 nitrogen and oxygen atoms in total. The minimum atomic E-state index is -0.897. The Labute approximate surface area is 124 Å². The first kappa shape index (κ1) is 15.1. The first-order chi connectivity index (χ1) is 10.1. The van der Waals surface area contributed by atoms with Crippen LogP contribution in [0.25, 0.3) is 0 Å². The molecule has 0 atom stereocenters. The molecule has 0 radical (unpaired) electrons. The molecule has 0 unspecified atom stereocenters. The van der Waals surface area contributed by atoms with Crippen molar-refractivity contribution in [2.24, 2.45) is 0 Å². The van der Waals surface area contributed by atoms with Crippen LogP contribution in [0.3, 0.4) is 0 Å². The van der Waals surface area contributed by atoms with Crippen molar-refractivity contribution in [2.45, 2.75) is 20.0 Å². The molecule has 21 heavy (non-hydrogen) atoms. The number of para-hydroxylation sites is 1. The first-order valence-corrected chi connectivity index (χ1v) is 6.98. The molecule has 0 bridgehead atoms. The summed E-state index contributed by atoms with van der Waals surface area (Å²) >= 11 is 0. The number of carbonyl (C=O) groups is 1. The standard InChI is InChI=1S/C17H20N2O2/c1-2-19(12-15-5-3-4-6-16(15)18)11-13-7-9-14(10-8-13)17(20)21/h3-10H,2,11-12,18H2,1H3,(H,20,21). The van der Waals surface area contributed by atoms with Crippen LogP contribution in [0.4, 0.5) is 5.69 Å². The van der Waals surface area contributed by atoms with E-state index in [0.29, 0.717) is 5.56 Å². The number of rotatable bonds is 6. The molecular weight excluding hydrogens is 264 g/mol. The van der Waals surface area contributed by atoms with Gasteiger partial charge in [0.2, 0.25) is 0 Å². The minimum Gasteiger partial charge on any atom is -0.478 e. The second kappa shape index (κ2) is 6.90. The van der Waals surface area contributed by atoms with Crippen LogP contribution in [0.2, 0.25) is 0 Å². The maximum absolute atomic E-state index is 10.8. The van der Waals surface area contributed by atoms with Crippen LogP contribution in [0.15, 0.2) is 48.5 Å². The van der Waals surface area contributed by atoms with Gasteiger partial charge in [-0.15, -0.1) is 0 Å². The van der Waals surface area contributed by atoms with Crippen LogP contribution in [-0.2, 0) is 13.1 Å². The third-order valence-corrected chi connectivity index (χ3v) is 3.50. The van der Waals surface area contributed by atoms with Crippen LogP contribution in [0.1, 0.15) is 28.4 Å². The van der Waals surface area contributed by atoms with Gasteiger partial charge in [-0.2, -0.15) is 0 Å². The summed E-state index contributed by atoms with van der Waals surface area (Å²) in [7, 11) is 0. The summed E-state index contributed by atoms with van der Waals surface area (Å²) in [6, 6.07) is 14.9. The van der Waals surface area contributed by atoms with E-state index in [1.807, 2.05) is 36.4 Å². The zero-order valence-electron chi connectivity index (χ0n) is 12.1. The first-order valence-electron chi connectivity index (χ1n) is 6.98. The van der Waals surface area contributed by atoms with Crippen molar-refractivity contribution in [2.75, 3.05) is 12.3 Å². The highest BCUT2D eigenvalue weighted by atomic mass is 16.4. The van der Waals surface area contributed by atoms with Gasteiger partial charge in [0.15, 0.2) is 0 Å². The van der Waals surface area contributed by atoms with Gasteiger partial charge in [-0.25, -0.2) is 4.79 Å². The summed E-state index contributed by atoms with van der Waals surface area (Å²) in [5, 5.41) is 8.90. The van der Waals surface area contributed by atoms with Crippen molar-refractivity contribution in [1.82, 2.24) is 4.90 Å². The van der Waals surface area contributed by atoms with Crippen molar-refractivity contribution in [1.29, 1.82) is 0 Å². The second-order valence-corrected chi connectivity index (χ2v) is 5.00. The van der Waals surface area contributed by atoms with Gasteiger partial charge in [0, 0.05) is 18.8 Å². The fourth-order valence-electron chi connectivity index (χ4n) is 2.21. The molecule has 0 aliphatic rings. The Morgan fingerprint density at radius 1 is 1.10 bits per heavy atom. The number of aromatic carboxylic acids is 1. The normalized spacial score (nSPS) is 10.8. The minimum absolute atomic E-state index is 0.314. The summed E-state index contributed by atoms with van der Waals surface area (Å²) < 4.78 is 0. The van der Waals surface area contributed by atoms with Crippen molar-refractivity contribution < 1.29 is 9.90 Å². The molecule has 2 aromatic rings. The molecule has 3 N–H and O–H groups in total. The van der Waals surface area contributed by atoms with E-state index in [1.165, 1.54) is 0 Å². The maximum Gasteiger partial charge on any atom is 0.335 e. The van der Waals surface area contributed by atoms with Crippen LogP contribution in [-0.4, -0.2) is 22.5 Å². The predicted octanol–water partition coefficient (Wildman–Crippen LogP) is 2.99. The number of hydrogen-bond acceptors (Lipinski definition) is 3. The molecule has 0 fully saturated rings. The monoisotopic (exact) mass is 284 g/mol. The van der Waals surface area contributed by atoms with Crippen molar-refractivity contribution in [3.05, 3.63) is 65.2 Å². The zero-order valence-corrected chi connectivity index (χ0v) is 12.1. The lowest BCUT2D eigenvalue weighted by Crippen LogP contribution is -2.22. The van der Waals surface area contributed by atoms with Crippen LogP contribution < -0.4 is 5.73 Å². The van der Waals surface area contributed by atoms with Gasteiger partial charge < -0.3 is 10.8 Å². The number of nitrogens with zero attached hydrogens (tertiary/aromatic N) is 1. The maximum atomic E-state index is 10.8. The Hall–Kier alpha value is -2.33. The van der Waals surface area contributed by atoms with Gasteiger partial charge in [-0.05, 0) is 35.9 Å². The summed E-state index contributed by atoms with van der Waals surface area (Å²) in [6.45, 7) is 4.55. The lowest BCUT2D eigenvalue weighted by molar-refractivity contribution is 0.0697. The Balaban J connectivity index is 2.05. The van der Waals surface area contributed by atoms with E-state index in [-0.39, 0.29) is 0 Å². The molecule has 0 saturated heterocycles. The highest BCUT2D eigenvalue weighted by molar-refractivity contribution is 5.87. The average Bonchev–Trinajstić information content (AvgIpc) is 2.49. The highest BCUT2D eigenvalue weighted by Gasteiger charge is 2.08. The number of nitrogens with two attached hydrogens (primary N) is 1. The molecule has 0 amide bonds. The lowest BCUT2D eigenvalue weighted by Gasteiger charge is -2.21. The summed E-state index contributed by atoms with van der Waals surface area (Å²) in [4.78, 5) is 13.1. The summed E-state index contributed by atoms with van der Waals surface area (Å²) in [6.07, 6.45) is 0. The topological polar surface area (TPSA) is 66.6 Å². The molecule has 4 heteroatoms. The lowest BCUT2D eigenvalue weighted by atomic mass is 10.1. The molecule has 2 rings (SSSR count). The summed E-state index contributed by atoms with van der Waals surface area (Å²) in [5.74, 6) is -0.897. The van der Waals surface area contributed by atoms with Gasteiger partial charge in [0.1, 0.15) is 0 Å². The van der Waals surface area contributed by atoms with E-state index in [2.05, 4.69) is 11.8 Å². The van der Waals surface area contributed by atoms with Gasteiger partial charge >= 0.3 is 5.97 Å². The number of carboxylic acid groups (broad SMARTS) is 1. The Kier molecular flexibility index (Phi) is 4.95. The third kappa shape index (κ3) is 4.07. The van der Waals surface area contributed by atoms with Gasteiger partial charge in [-0.1, -0.05) is 37.3 Å². The predicted molar refractivity (Wildman–Crippen MR) is 84.0 cm³/mol. The van der Waals surface area contributed by atoms with E-state index >= 15 is 0 Å². The number of anilines is 1. The fourth-order valence-corrected chi connectivity index (χ4v) is 2.21. The van der Waals surface area contributed by atoms with E-state index in [1.54, 1.807) is 12.1 Å². The van der Waals surface area contributed by atoms with E-state index in [9.17, 15) is 4.79 Å². The molecule has 2 aromatic carbocycles. The molecule has 0 aliphatic carbocycles. The van der Waals surface area contributed by atoms with Crippen LogP contribution in [0, 0.1) is 0 Å².